The normalized spacial score (nSPS) is 17.5. The van der Waals surface area contributed by atoms with E-state index in [4.69, 9.17) is 4.74 Å². The van der Waals surface area contributed by atoms with E-state index in [1.165, 1.54) is 64.3 Å². The fraction of sp³-hybridized carbons (Fsp3) is 1.00. The first-order valence-corrected chi connectivity index (χ1v) is 8.36. The van der Waals surface area contributed by atoms with E-state index in [0.717, 1.165) is 25.0 Å². The smallest absolute Gasteiger partial charge is 0.0480 e. The fourth-order valence-electron chi connectivity index (χ4n) is 2.67. The second-order valence-corrected chi connectivity index (χ2v) is 5.97. The van der Waals surface area contributed by atoms with Crippen molar-refractivity contribution in [2.75, 3.05) is 32.6 Å². The zero-order valence-electron chi connectivity index (χ0n) is 12.1. The highest BCUT2D eigenvalue weighted by Gasteiger charge is 2.17. The van der Waals surface area contributed by atoms with E-state index in [0.29, 0.717) is 0 Å². The van der Waals surface area contributed by atoms with Crippen LogP contribution in [0.4, 0.5) is 0 Å². The van der Waals surface area contributed by atoms with Crippen LogP contribution in [0.3, 0.4) is 0 Å². The number of nitrogens with zero attached hydrogens (tertiary/aromatic N) is 1. The molecule has 1 fully saturated rings. The van der Waals surface area contributed by atoms with Crippen LogP contribution in [-0.2, 0) is 4.74 Å². The van der Waals surface area contributed by atoms with Crippen LogP contribution in [0.2, 0.25) is 0 Å². The molecule has 1 aliphatic heterocycles. The van der Waals surface area contributed by atoms with Gasteiger partial charge in [-0.3, -0.25) is 0 Å². The monoisotopic (exact) mass is 273 g/mol. The Morgan fingerprint density at radius 2 is 1.50 bits per heavy atom. The molecule has 0 amide bonds. The molecule has 0 radical (unpaired) electrons. The van der Waals surface area contributed by atoms with Crippen LogP contribution in [0.1, 0.15) is 57.8 Å². The summed E-state index contributed by atoms with van der Waals surface area (Å²) in [6, 6.07) is 0.772. The third-order valence-corrected chi connectivity index (χ3v) is 4.30. The van der Waals surface area contributed by atoms with Gasteiger partial charge in [0.2, 0.25) is 0 Å². The first-order valence-electron chi connectivity index (χ1n) is 7.73. The third kappa shape index (κ3) is 7.65. The second kappa shape index (κ2) is 11.1. The molecule has 0 bridgehead atoms. The molecule has 0 spiro atoms. The van der Waals surface area contributed by atoms with Crippen LogP contribution in [0.5, 0.6) is 0 Å². The molecule has 0 saturated carbocycles. The highest BCUT2D eigenvalue weighted by atomic mass is 32.1. The molecule has 1 aliphatic rings. The summed E-state index contributed by atoms with van der Waals surface area (Å²) in [7, 11) is 2.28. The molecule has 18 heavy (non-hydrogen) atoms. The lowest BCUT2D eigenvalue weighted by Gasteiger charge is -2.31. The van der Waals surface area contributed by atoms with Crippen molar-refractivity contribution in [3.8, 4) is 0 Å². The van der Waals surface area contributed by atoms with E-state index in [9.17, 15) is 0 Å². The Morgan fingerprint density at radius 3 is 2.11 bits per heavy atom. The van der Waals surface area contributed by atoms with Gasteiger partial charge in [0, 0.05) is 19.3 Å². The maximum absolute atomic E-state index is 5.41. The second-order valence-electron chi connectivity index (χ2n) is 5.52. The molecule has 1 saturated heterocycles. The van der Waals surface area contributed by atoms with E-state index in [1.807, 2.05) is 0 Å². The van der Waals surface area contributed by atoms with Crippen molar-refractivity contribution in [2.24, 2.45) is 0 Å². The maximum Gasteiger partial charge on any atom is 0.0480 e. The number of thiol groups is 1. The lowest BCUT2D eigenvalue weighted by atomic mass is 10.1. The molecule has 1 rings (SSSR count). The molecular formula is C15H31NOS. The summed E-state index contributed by atoms with van der Waals surface area (Å²) in [5.41, 5.74) is 0. The molecule has 0 aromatic carbocycles. The zero-order valence-corrected chi connectivity index (χ0v) is 13.0. The van der Waals surface area contributed by atoms with Crippen molar-refractivity contribution in [1.29, 1.82) is 0 Å². The Morgan fingerprint density at radius 1 is 0.944 bits per heavy atom. The molecule has 0 aromatic heterocycles. The Kier molecular flexibility index (Phi) is 10.1. The molecule has 0 unspecified atom stereocenters. The average molecular weight is 273 g/mol. The molecular weight excluding hydrogens is 242 g/mol. The summed E-state index contributed by atoms with van der Waals surface area (Å²) < 4.78 is 5.41. The molecule has 3 heteroatoms. The Hall–Kier alpha value is 0.270. The van der Waals surface area contributed by atoms with Gasteiger partial charge in [-0.05, 0) is 45.0 Å². The van der Waals surface area contributed by atoms with E-state index in [1.54, 1.807) is 0 Å². The highest BCUT2D eigenvalue weighted by molar-refractivity contribution is 7.80. The van der Waals surface area contributed by atoms with Crippen LogP contribution in [0.15, 0.2) is 0 Å². The molecule has 0 aliphatic carbocycles. The minimum Gasteiger partial charge on any atom is -0.381 e. The van der Waals surface area contributed by atoms with Crippen LogP contribution in [0, 0.1) is 0 Å². The molecule has 108 valence electrons. The largest absolute Gasteiger partial charge is 0.381 e. The summed E-state index contributed by atoms with van der Waals surface area (Å²) in [5.74, 6) is 1.05. The van der Waals surface area contributed by atoms with Crippen molar-refractivity contribution < 1.29 is 4.74 Å². The van der Waals surface area contributed by atoms with Gasteiger partial charge in [0.15, 0.2) is 0 Å². The Balaban J connectivity index is 1.87. The number of hydrogen-bond acceptors (Lipinski definition) is 3. The van der Waals surface area contributed by atoms with E-state index < -0.39 is 0 Å². The summed E-state index contributed by atoms with van der Waals surface area (Å²) >= 11 is 4.24. The molecule has 2 nitrogen and oxygen atoms in total. The quantitative estimate of drug-likeness (QED) is 0.481. The van der Waals surface area contributed by atoms with Gasteiger partial charge in [-0.15, -0.1) is 0 Å². The number of ether oxygens (including phenoxy) is 1. The van der Waals surface area contributed by atoms with Crippen LogP contribution >= 0.6 is 12.6 Å². The van der Waals surface area contributed by atoms with Crippen LogP contribution in [0.25, 0.3) is 0 Å². The minimum absolute atomic E-state index is 0.772. The topological polar surface area (TPSA) is 12.5 Å². The average Bonchev–Trinajstić information content (AvgIpc) is 2.42. The van der Waals surface area contributed by atoms with Crippen LogP contribution in [-0.4, -0.2) is 43.5 Å². The molecule has 0 aromatic rings. The van der Waals surface area contributed by atoms with Crippen molar-refractivity contribution in [3.05, 3.63) is 0 Å². The maximum atomic E-state index is 5.41. The summed E-state index contributed by atoms with van der Waals surface area (Å²) in [4.78, 5) is 2.55. The van der Waals surface area contributed by atoms with Gasteiger partial charge in [-0.1, -0.05) is 32.1 Å². The first-order chi connectivity index (χ1) is 8.84. The molecule has 0 atom stereocenters. The van der Waals surface area contributed by atoms with Gasteiger partial charge in [0.25, 0.3) is 0 Å². The number of hydrogen-bond donors (Lipinski definition) is 1. The number of unbranched alkanes of at least 4 members (excludes halogenated alkanes) is 6. The minimum atomic E-state index is 0.772. The molecule has 0 N–H and O–H groups in total. The SMILES string of the molecule is CN(CCCCCCCCCS)C1CCOCC1. The fourth-order valence-corrected chi connectivity index (χ4v) is 2.89. The zero-order chi connectivity index (χ0) is 13.1. The van der Waals surface area contributed by atoms with Crippen molar-refractivity contribution in [2.45, 2.75) is 63.8 Å². The van der Waals surface area contributed by atoms with Gasteiger partial charge in [0.1, 0.15) is 0 Å². The summed E-state index contributed by atoms with van der Waals surface area (Å²) in [5, 5.41) is 0. The predicted octanol–water partition coefficient (Wildman–Crippen LogP) is 3.76. The van der Waals surface area contributed by atoms with Gasteiger partial charge in [0.05, 0.1) is 0 Å². The van der Waals surface area contributed by atoms with Crippen molar-refractivity contribution in [3.63, 3.8) is 0 Å². The van der Waals surface area contributed by atoms with Crippen molar-refractivity contribution in [1.82, 2.24) is 4.90 Å². The Labute approximate surface area is 119 Å². The summed E-state index contributed by atoms with van der Waals surface area (Å²) in [6.45, 7) is 3.18. The van der Waals surface area contributed by atoms with Crippen molar-refractivity contribution >= 4 is 12.6 Å². The lowest BCUT2D eigenvalue weighted by Crippen LogP contribution is -2.37. The van der Waals surface area contributed by atoms with Crippen LogP contribution < -0.4 is 0 Å². The van der Waals surface area contributed by atoms with E-state index in [2.05, 4.69) is 24.6 Å². The molecule has 1 heterocycles. The van der Waals surface area contributed by atoms with E-state index in [-0.39, 0.29) is 0 Å². The standard InChI is InChI=1S/C15H31NOS/c1-16(15-9-12-17-13-10-15)11-7-5-3-2-4-6-8-14-18/h15,18H,2-14H2,1H3. The number of rotatable bonds is 10. The summed E-state index contributed by atoms with van der Waals surface area (Å²) in [6.07, 6.45) is 12.1. The van der Waals surface area contributed by atoms with E-state index >= 15 is 0 Å². The Bertz CT molecular complexity index is 183. The lowest BCUT2D eigenvalue weighted by molar-refractivity contribution is 0.0426. The first kappa shape index (κ1) is 16.3. The van der Waals surface area contributed by atoms with Gasteiger partial charge in [-0.25, -0.2) is 0 Å². The predicted molar refractivity (Wildman–Crippen MR) is 82.6 cm³/mol. The third-order valence-electron chi connectivity index (χ3n) is 3.98. The highest BCUT2D eigenvalue weighted by Crippen LogP contribution is 2.14. The van der Waals surface area contributed by atoms with Gasteiger partial charge in [-0.2, -0.15) is 12.6 Å². The van der Waals surface area contributed by atoms with Gasteiger partial charge < -0.3 is 9.64 Å². The van der Waals surface area contributed by atoms with Gasteiger partial charge >= 0.3 is 0 Å².